The van der Waals surface area contributed by atoms with Gasteiger partial charge in [0, 0.05) is 14.0 Å². The minimum atomic E-state index is -0.345. The number of nitrogens with zero attached hydrogens (tertiary/aromatic N) is 4. The quantitative estimate of drug-likeness (QED) is 0.792. The number of anilines is 1. The van der Waals surface area contributed by atoms with E-state index in [1.807, 2.05) is 0 Å². The summed E-state index contributed by atoms with van der Waals surface area (Å²) in [6.45, 7) is 1.86. The maximum atomic E-state index is 11.8. The number of aromatic nitrogens is 4. The van der Waals surface area contributed by atoms with E-state index in [1.165, 1.54) is 12.4 Å². The van der Waals surface area contributed by atoms with Gasteiger partial charge in [0.1, 0.15) is 11.5 Å². The van der Waals surface area contributed by atoms with Crippen LogP contribution in [0.3, 0.4) is 0 Å². The van der Waals surface area contributed by atoms with E-state index in [0.717, 1.165) is 0 Å². The molecule has 0 fully saturated rings. The van der Waals surface area contributed by atoms with Crippen LogP contribution >= 0.6 is 0 Å². The van der Waals surface area contributed by atoms with Crippen molar-refractivity contribution in [3.8, 4) is 0 Å². The maximum Gasteiger partial charge on any atom is 0.271 e. The molecule has 94 valence electrons. The summed E-state index contributed by atoms with van der Waals surface area (Å²) in [5.74, 6) is 1.05. The van der Waals surface area contributed by atoms with Gasteiger partial charge in [-0.2, -0.15) is 4.98 Å². The predicted octanol–water partition coefficient (Wildman–Crippen LogP) is 0.140. The minimum Gasteiger partial charge on any atom is -0.372 e. The Hall–Kier alpha value is -2.51. The van der Waals surface area contributed by atoms with Crippen molar-refractivity contribution in [3.05, 3.63) is 29.8 Å². The van der Waals surface area contributed by atoms with Crippen molar-refractivity contribution in [1.29, 1.82) is 0 Å². The maximum absolute atomic E-state index is 11.8. The Balaban J connectivity index is 1.99. The Morgan fingerprint density at radius 3 is 2.89 bits per heavy atom. The summed E-state index contributed by atoms with van der Waals surface area (Å²) in [7, 11) is 1.70. The van der Waals surface area contributed by atoms with Crippen molar-refractivity contribution in [2.24, 2.45) is 0 Å². The molecule has 0 aromatic carbocycles. The largest absolute Gasteiger partial charge is 0.372 e. The third-order valence-corrected chi connectivity index (χ3v) is 2.10. The second-order valence-electron chi connectivity index (χ2n) is 3.45. The lowest BCUT2D eigenvalue weighted by Crippen LogP contribution is -2.24. The molecule has 0 spiro atoms. The highest BCUT2D eigenvalue weighted by atomic mass is 16.5. The molecule has 0 aliphatic carbocycles. The highest BCUT2D eigenvalue weighted by molar-refractivity contribution is 5.92. The topological polar surface area (TPSA) is 106 Å². The number of hydrogen-bond acceptors (Lipinski definition) is 7. The smallest absolute Gasteiger partial charge is 0.271 e. The second kappa shape index (κ2) is 5.21. The first-order valence-corrected chi connectivity index (χ1v) is 5.26. The van der Waals surface area contributed by atoms with E-state index in [4.69, 9.17) is 4.52 Å². The zero-order valence-electron chi connectivity index (χ0n) is 9.97. The van der Waals surface area contributed by atoms with Crippen molar-refractivity contribution >= 4 is 11.7 Å². The zero-order chi connectivity index (χ0) is 13.0. The first kappa shape index (κ1) is 12.0. The molecule has 2 rings (SSSR count). The lowest BCUT2D eigenvalue weighted by atomic mass is 10.4. The van der Waals surface area contributed by atoms with Gasteiger partial charge in [-0.25, -0.2) is 4.98 Å². The van der Waals surface area contributed by atoms with Crippen molar-refractivity contribution in [3.63, 3.8) is 0 Å². The standard InChI is InChI=1S/C10H12N6O2/c1-6-14-9(16-18-6)5-13-10(17)7-3-12-4-8(11-2)15-7/h3-4H,5H2,1-2H3,(H,11,15)(H,13,17). The Morgan fingerprint density at radius 1 is 1.39 bits per heavy atom. The van der Waals surface area contributed by atoms with Crippen molar-refractivity contribution in [2.45, 2.75) is 13.5 Å². The molecular weight excluding hydrogens is 236 g/mol. The van der Waals surface area contributed by atoms with Crippen molar-refractivity contribution < 1.29 is 9.32 Å². The average molecular weight is 248 g/mol. The number of aryl methyl sites for hydroxylation is 1. The fourth-order valence-electron chi connectivity index (χ4n) is 1.26. The monoisotopic (exact) mass is 248 g/mol. The third kappa shape index (κ3) is 2.78. The highest BCUT2D eigenvalue weighted by Gasteiger charge is 2.10. The van der Waals surface area contributed by atoms with E-state index in [0.29, 0.717) is 17.5 Å². The molecule has 2 heterocycles. The van der Waals surface area contributed by atoms with E-state index in [-0.39, 0.29) is 18.1 Å². The lowest BCUT2D eigenvalue weighted by molar-refractivity contribution is 0.0944. The fourth-order valence-corrected chi connectivity index (χ4v) is 1.26. The van der Waals surface area contributed by atoms with Crippen LogP contribution in [-0.2, 0) is 6.54 Å². The van der Waals surface area contributed by atoms with Crippen molar-refractivity contribution in [1.82, 2.24) is 25.4 Å². The van der Waals surface area contributed by atoms with Crippen LogP contribution in [0.25, 0.3) is 0 Å². The van der Waals surface area contributed by atoms with E-state index in [2.05, 4.69) is 30.7 Å². The Kier molecular flexibility index (Phi) is 3.46. The summed E-state index contributed by atoms with van der Waals surface area (Å²) in [6, 6.07) is 0. The summed E-state index contributed by atoms with van der Waals surface area (Å²) in [6.07, 6.45) is 2.91. The van der Waals surface area contributed by atoms with Gasteiger partial charge in [0.15, 0.2) is 5.82 Å². The third-order valence-electron chi connectivity index (χ3n) is 2.10. The number of hydrogen-bond donors (Lipinski definition) is 2. The van der Waals surface area contributed by atoms with Gasteiger partial charge in [0.25, 0.3) is 5.91 Å². The molecule has 0 bridgehead atoms. The highest BCUT2D eigenvalue weighted by Crippen LogP contribution is 2.01. The fraction of sp³-hybridized carbons (Fsp3) is 0.300. The van der Waals surface area contributed by atoms with Crippen LogP contribution in [0.15, 0.2) is 16.9 Å². The Morgan fingerprint density at radius 2 is 2.22 bits per heavy atom. The number of carbonyl (C=O) groups excluding carboxylic acids is 1. The van der Waals surface area contributed by atoms with Crippen LogP contribution in [0.4, 0.5) is 5.82 Å². The van der Waals surface area contributed by atoms with Gasteiger partial charge < -0.3 is 15.2 Å². The molecule has 0 saturated heterocycles. The van der Waals surface area contributed by atoms with Crippen LogP contribution < -0.4 is 10.6 Å². The molecule has 0 aliphatic heterocycles. The molecular formula is C10H12N6O2. The summed E-state index contributed by atoms with van der Waals surface area (Å²) in [5.41, 5.74) is 0.224. The van der Waals surface area contributed by atoms with Crippen LogP contribution in [0, 0.1) is 6.92 Å². The van der Waals surface area contributed by atoms with Gasteiger partial charge in [0.2, 0.25) is 5.89 Å². The van der Waals surface area contributed by atoms with Gasteiger partial charge in [-0.05, 0) is 0 Å². The van der Waals surface area contributed by atoms with Crippen LogP contribution in [0.5, 0.6) is 0 Å². The molecule has 2 N–H and O–H groups in total. The van der Waals surface area contributed by atoms with Gasteiger partial charge in [-0.15, -0.1) is 0 Å². The minimum absolute atomic E-state index is 0.182. The molecule has 0 saturated carbocycles. The van der Waals surface area contributed by atoms with Crippen LogP contribution in [0.2, 0.25) is 0 Å². The lowest BCUT2D eigenvalue weighted by Gasteiger charge is -2.03. The SMILES string of the molecule is CNc1cncc(C(=O)NCc2noc(C)n2)n1. The van der Waals surface area contributed by atoms with E-state index in [9.17, 15) is 4.79 Å². The molecule has 0 atom stereocenters. The normalized spacial score (nSPS) is 10.1. The molecule has 1 amide bonds. The van der Waals surface area contributed by atoms with Gasteiger partial charge in [0.05, 0.1) is 18.9 Å². The van der Waals surface area contributed by atoms with E-state index >= 15 is 0 Å². The summed E-state index contributed by atoms with van der Waals surface area (Å²) < 4.78 is 4.79. The van der Waals surface area contributed by atoms with Crippen LogP contribution in [0.1, 0.15) is 22.2 Å². The second-order valence-corrected chi connectivity index (χ2v) is 3.45. The van der Waals surface area contributed by atoms with Gasteiger partial charge >= 0.3 is 0 Å². The molecule has 0 radical (unpaired) electrons. The number of rotatable bonds is 4. The zero-order valence-corrected chi connectivity index (χ0v) is 9.97. The van der Waals surface area contributed by atoms with Crippen molar-refractivity contribution in [2.75, 3.05) is 12.4 Å². The molecule has 18 heavy (non-hydrogen) atoms. The number of carbonyl (C=O) groups is 1. The summed E-state index contributed by atoms with van der Waals surface area (Å²) in [5, 5.41) is 9.10. The Bertz CT molecular complexity index is 553. The summed E-state index contributed by atoms with van der Waals surface area (Å²) >= 11 is 0. The summed E-state index contributed by atoms with van der Waals surface area (Å²) in [4.78, 5) is 23.7. The number of amides is 1. The van der Waals surface area contributed by atoms with Crippen LogP contribution in [-0.4, -0.2) is 33.1 Å². The molecule has 2 aromatic heterocycles. The average Bonchev–Trinajstić information content (AvgIpc) is 2.82. The van der Waals surface area contributed by atoms with E-state index in [1.54, 1.807) is 14.0 Å². The first-order chi connectivity index (χ1) is 8.69. The molecule has 8 heteroatoms. The van der Waals surface area contributed by atoms with Gasteiger partial charge in [-0.3, -0.25) is 9.78 Å². The number of nitrogens with one attached hydrogen (secondary N) is 2. The Labute approximate surface area is 103 Å². The molecule has 0 unspecified atom stereocenters. The predicted molar refractivity (Wildman–Crippen MR) is 61.8 cm³/mol. The molecule has 0 aliphatic rings. The van der Waals surface area contributed by atoms with Gasteiger partial charge in [-0.1, -0.05) is 5.16 Å². The molecule has 8 nitrogen and oxygen atoms in total. The first-order valence-electron chi connectivity index (χ1n) is 5.26. The molecule has 2 aromatic rings. The van der Waals surface area contributed by atoms with E-state index < -0.39 is 0 Å².